The third kappa shape index (κ3) is 10.0. The molecule has 42 heavy (non-hydrogen) atoms. The van der Waals surface area contributed by atoms with Crippen molar-refractivity contribution in [2.45, 2.75) is 112 Å². The number of hydrogen-bond donors (Lipinski definition) is 2. The van der Waals surface area contributed by atoms with Crippen molar-refractivity contribution in [3.05, 3.63) is 64.2 Å². The van der Waals surface area contributed by atoms with Crippen molar-refractivity contribution in [2.75, 3.05) is 18.6 Å². The van der Waals surface area contributed by atoms with Gasteiger partial charge < -0.3 is 19.9 Å². The van der Waals surface area contributed by atoms with Crippen molar-refractivity contribution in [3.8, 4) is 5.75 Å². The summed E-state index contributed by atoms with van der Waals surface area (Å²) >= 11 is 0. The second-order valence-electron chi connectivity index (χ2n) is 13.8. The standard InChI is InChI=1S/C34H53NO6S/c1-12-34(13-2,27-16-17-29(24(4)19-27)40-21-30(36)32(5,6)7)26-15-14-25(23(3)18-26)20-28(22-42(11,38)39)41-31(37)35-33(8,9)10/h14-19,28,30,36H,12-13,20-22H2,1-11H3,(H,35,37). The van der Waals surface area contributed by atoms with Gasteiger partial charge in [-0.25, -0.2) is 13.2 Å². The van der Waals surface area contributed by atoms with Crippen molar-refractivity contribution in [1.82, 2.24) is 5.32 Å². The number of sulfone groups is 1. The molecule has 0 heterocycles. The number of carbonyl (C=O) groups excluding carboxylic acids is 1. The lowest BCUT2D eigenvalue weighted by molar-refractivity contribution is 0.0216. The van der Waals surface area contributed by atoms with E-state index in [1.807, 2.05) is 67.5 Å². The summed E-state index contributed by atoms with van der Waals surface area (Å²) in [4.78, 5) is 12.5. The number of hydrogen-bond acceptors (Lipinski definition) is 6. The van der Waals surface area contributed by atoms with E-state index in [1.54, 1.807) is 0 Å². The summed E-state index contributed by atoms with van der Waals surface area (Å²) < 4.78 is 35.9. The Morgan fingerprint density at radius 1 is 0.929 bits per heavy atom. The Labute approximate surface area is 254 Å². The summed E-state index contributed by atoms with van der Waals surface area (Å²) in [5.41, 5.74) is 4.36. The fourth-order valence-corrected chi connectivity index (χ4v) is 6.05. The second-order valence-corrected chi connectivity index (χ2v) is 16.0. The van der Waals surface area contributed by atoms with Crippen LogP contribution in [0, 0.1) is 19.3 Å². The molecule has 0 saturated heterocycles. The minimum atomic E-state index is -3.37. The van der Waals surface area contributed by atoms with E-state index in [0.717, 1.165) is 41.5 Å². The third-order valence-electron chi connectivity index (χ3n) is 7.91. The van der Waals surface area contributed by atoms with Gasteiger partial charge in [0.1, 0.15) is 18.5 Å². The molecule has 236 valence electrons. The summed E-state index contributed by atoms with van der Waals surface area (Å²) in [5, 5.41) is 13.2. The van der Waals surface area contributed by atoms with Crippen molar-refractivity contribution < 1.29 is 27.8 Å². The number of aliphatic hydroxyl groups is 1. The molecule has 0 fully saturated rings. The van der Waals surface area contributed by atoms with Gasteiger partial charge in [-0.3, -0.25) is 0 Å². The predicted octanol–water partition coefficient (Wildman–Crippen LogP) is 6.68. The number of aliphatic hydroxyl groups excluding tert-OH is 1. The quantitative estimate of drug-likeness (QED) is 0.281. The second kappa shape index (κ2) is 13.8. The van der Waals surface area contributed by atoms with Gasteiger partial charge in [-0.05, 0) is 86.8 Å². The van der Waals surface area contributed by atoms with E-state index >= 15 is 0 Å². The van der Waals surface area contributed by atoms with Gasteiger partial charge in [-0.15, -0.1) is 0 Å². The highest BCUT2D eigenvalue weighted by molar-refractivity contribution is 7.90. The van der Waals surface area contributed by atoms with E-state index in [2.05, 4.69) is 43.4 Å². The van der Waals surface area contributed by atoms with Crippen LogP contribution in [0.5, 0.6) is 5.75 Å². The number of carbonyl (C=O) groups is 1. The highest BCUT2D eigenvalue weighted by Crippen LogP contribution is 2.41. The first kappa shape index (κ1) is 35.6. The number of nitrogens with one attached hydrogen (secondary N) is 1. The van der Waals surface area contributed by atoms with E-state index in [0.29, 0.717) is 6.42 Å². The summed E-state index contributed by atoms with van der Waals surface area (Å²) in [5.74, 6) is 0.516. The van der Waals surface area contributed by atoms with Crippen LogP contribution in [0.25, 0.3) is 0 Å². The van der Waals surface area contributed by atoms with E-state index in [-0.39, 0.29) is 23.2 Å². The molecule has 2 atom stereocenters. The Hall–Kier alpha value is -2.58. The molecule has 8 heteroatoms. The van der Waals surface area contributed by atoms with E-state index in [1.165, 1.54) is 11.1 Å². The van der Waals surface area contributed by atoms with Crippen LogP contribution in [-0.2, 0) is 26.4 Å². The van der Waals surface area contributed by atoms with Crippen molar-refractivity contribution >= 4 is 15.9 Å². The van der Waals surface area contributed by atoms with Gasteiger partial charge >= 0.3 is 6.09 Å². The van der Waals surface area contributed by atoms with Crippen LogP contribution in [-0.4, -0.2) is 56.0 Å². The SMILES string of the molecule is CCC(CC)(c1ccc(CC(CS(C)(=O)=O)OC(=O)NC(C)(C)C)c(C)c1)c1ccc(OCC(O)C(C)(C)C)c(C)c1. The molecule has 2 N–H and O–H groups in total. The molecule has 2 unspecified atom stereocenters. The van der Waals surface area contributed by atoms with Crippen molar-refractivity contribution in [3.63, 3.8) is 0 Å². The fourth-order valence-electron chi connectivity index (χ4n) is 5.19. The van der Waals surface area contributed by atoms with Crippen molar-refractivity contribution in [2.24, 2.45) is 5.41 Å². The van der Waals surface area contributed by atoms with Gasteiger partial charge in [0.25, 0.3) is 0 Å². The van der Waals surface area contributed by atoms with Gasteiger partial charge in [0.05, 0.1) is 11.9 Å². The smallest absolute Gasteiger partial charge is 0.407 e. The molecule has 2 aromatic rings. The molecule has 0 saturated carbocycles. The van der Waals surface area contributed by atoms with Crippen molar-refractivity contribution in [1.29, 1.82) is 0 Å². The minimum absolute atomic E-state index is 0.229. The molecule has 2 rings (SSSR count). The normalized spacial score (nSPS) is 14.3. The first-order chi connectivity index (χ1) is 19.2. The number of rotatable bonds is 12. The van der Waals surface area contributed by atoms with Crippen LogP contribution in [0.1, 0.15) is 96.0 Å². The summed E-state index contributed by atoms with van der Waals surface area (Å²) in [6.07, 6.45) is 1.22. The van der Waals surface area contributed by atoms with E-state index in [4.69, 9.17) is 9.47 Å². The third-order valence-corrected chi connectivity index (χ3v) is 8.89. The number of ether oxygens (including phenoxy) is 2. The molecule has 0 bridgehead atoms. The molecule has 2 aromatic carbocycles. The minimum Gasteiger partial charge on any atom is -0.491 e. The number of aryl methyl sites for hydroxylation is 2. The molecule has 7 nitrogen and oxygen atoms in total. The number of amides is 1. The molecule has 0 aliphatic carbocycles. The van der Waals surface area contributed by atoms with Crippen LogP contribution in [0.15, 0.2) is 36.4 Å². The Balaban J connectivity index is 2.37. The molecule has 1 amide bonds. The lowest BCUT2D eigenvalue weighted by Crippen LogP contribution is -2.43. The van der Waals surface area contributed by atoms with Crippen LogP contribution >= 0.6 is 0 Å². The molecule has 0 aliphatic heterocycles. The molecule has 0 aromatic heterocycles. The highest BCUT2D eigenvalue weighted by atomic mass is 32.2. The van der Waals surface area contributed by atoms with Gasteiger partial charge in [-0.1, -0.05) is 65.0 Å². The largest absolute Gasteiger partial charge is 0.491 e. The summed E-state index contributed by atoms with van der Waals surface area (Å²) in [6.45, 7) is 20.2. The lowest BCUT2D eigenvalue weighted by Gasteiger charge is -2.34. The Morgan fingerprint density at radius 3 is 1.93 bits per heavy atom. The topological polar surface area (TPSA) is 102 Å². The monoisotopic (exact) mass is 603 g/mol. The van der Waals surface area contributed by atoms with Crippen LogP contribution in [0.4, 0.5) is 4.79 Å². The van der Waals surface area contributed by atoms with E-state index < -0.39 is 33.7 Å². The molecular weight excluding hydrogens is 550 g/mol. The Kier molecular flexibility index (Phi) is 11.7. The highest BCUT2D eigenvalue weighted by Gasteiger charge is 2.32. The zero-order chi connectivity index (χ0) is 32.1. The van der Waals surface area contributed by atoms with Crippen LogP contribution < -0.4 is 10.1 Å². The number of alkyl carbamates (subject to hydrolysis) is 1. The molecule has 0 aliphatic rings. The lowest BCUT2D eigenvalue weighted by atomic mass is 9.69. The van der Waals surface area contributed by atoms with Crippen LogP contribution in [0.3, 0.4) is 0 Å². The first-order valence-electron chi connectivity index (χ1n) is 14.9. The molecule has 0 spiro atoms. The Bertz CT molecular complexity index is 1320. The zero-order valence-corrected chi connectivity index (χ0v) is 28.4. The maximum atomic E-state index is 12.5. The maximum absolute atomic E-state index is 12.5. The van der Waals surface area contributed by atoms with Gasteiger partial charge in [0.2, 0.25) is 0 Å². The summed E-state index contributed by atoms with van der Waals surface area (Å²) in [6, 6.07) is 12.6. The average Bonchev–Trinajstić information content (AvgIpc) is 2.83. The average molecular weight is 604 g/mol. The Morgan fingerprint density at radius 2 is 1.48 bits per heavy atom. The van der Waals surface area contributed by atoms with Gasteiger partial charge in [0, 0.05) is 23.6 Å². The molecular formula is C34H53NO6S. The predicted molar refractivity (Wildman–Crippen MR) is 171 cm³/mol. The zero-order valence-electron chi connectivity index (χ0n) is 27.6. The van der Waals surface area contributed by atoms with Gasteiger partial charge in [0.15, 0.2) is 9.84 Å². The van der Waals surface area contributed by atoms with Gasteiger partial charge in [-0.2, -0.15) is 0 Å². The maximum Gasteiger partial charge on any atom is 0.407 e. The summed E-state index contributed by atoms with van der Waals surface area (Å²) in [7, 11) is -3.37. The first-order valence-corrected chi connectivity index (χ1v) is 17.0. The number of benzene rings is 2. The fraction of sp³-hybridized carbons (Fsp3) is 0.618. The van der Waals surface area contributed by atoms with E-state index in [9.17, 15) is 18.3 Å². The van der Waals surface area contributed by atoms with Crippen LogP contribution in [0.2, 0.25) is 0 Å². The molecule has 0 radical (unpaired) electrons.